The molecule has 2 rings (SSSR count). The number of pyridine rings is 1. The molecule has 1 amide bonds. The Labute approximate surface area is 119 Å². The number of benzene rings is 1. The molecule has 0 saturated carbocycles. The number of nitrogens with one attached hydrogen (secondary N) is 1. The smallest absolute Gasteiger partial charge is 0.270 e. The van der Waals surface area contributed by atoms with Crippen molar-refractivity contribution >= 4 is 21.8 Å². The number of carbonyl (C=O) groups is 1. The van der Waals surface area contributed by atoms with Crippen LogP contribution in [0.4, 0.5) is 4.39 Å². The molecule has 19 heavy (non-hydrogen) atoms. The van der Waals surface area contributed by atoms with Crippen molar-refractivity contribution in [2.75, 3.05) is 0 Å². The summed E-state index contributed by atoms with van der Waals surface area (Å²) in [5.74, 6) is -0.665. The summed E-state index contributed by atoms with van der Waals surface area (Å²) in [4.78, 5) is 15.9. The van der Waals surface area contributed by atoms with Crippen LogP contribution >= 0.6 is 15.9 Å². The predicted octanol–water partition coefficient (Wildman–Crippen LogP) is 3.47. The zero-order valence-corrected chi connectivity index (χ0v) is 11.8. The zero-order chi connectivity index (χ0) is 13.8. The van der Waals surface area contributed by atoms with E-state index in [0.29, 0.717) is 11.3 Å². The second kappa shape index (κ2) is 5.93. The molecule has 1 unspecified atom stereocenters. The summed E-state index contributed by atoms with van der Waals surface area (Å²) in [6, 6.07) is 9.29. The number of rotatable bonds is 3. The predicted molar refractivity (Wildman–Crippen MR) is 74.2 cm³/mol. The summed E-state index contributed by atoms with van der Waals surface area (Å²) in [5.41, 5.74) is 0.749. The van der Waals surface area contributed by atoms with Crippen molar-refractivity contribution in [2.24, 2.45) is 0 Å². The standard InChI is InChI=1S/C14H12BrFN2O/c1-9(11-4-2-3-5-12(11)16)18-14(19)13-7-6-10(15)8-17-13/h2-9H,1H3,(H,18,19). The number of hydrogen-bond donors (Lipinski definition) is 1. The van der Waals surface area contributed by atoms with Crippen LogP contribution in [-0.4, -0.2) is 10.9 Å². The average molecular weight is 323 g/mol. The summed E-state index contributed by atoms with van der Waals surface area (Å²) in [6.07, 6.45) is 1.54. The van der Waals surface area contributed by atoms with E-state index in [-0.39, 0.29) is 11.7 Å². The van der Waals surface area contributed by atoms with Gasteiger partial charge in [-0.2, -0.15) is 0 Å². The SMILES string of the molecule is CC(NC(=O)c1ccc(Br)cn1)c1ccccc1F. The van der Waals surface area contributed by atoms with Crippen LogP contribution in [0.25, 0.3) is 0 Å². The molecule has 0 aliphatic heterocycles. The molecule has 98 valence electrons. The highest BCUT2D eigenvalue weighted by molar-refractivity contribution is 9.10. The summed E-state index contributed by atoms with van der Waals surface area (Å²) in [5, 5.41) is 2.72. The Morgan fingerprint density at radius 1 is 1.32 bits per heavy atom. The van der Waals surface area contributed by atoms with Gasteiger partial charge >= 0.3 is 0 Å². The topological polar surface area (TPSA) is 42.0 Å². The van der Waals surface area contributed by atoms with Gasteiger partial charge in [0.2, 0.25) is 0 Å². The number of halogens is 2. The van der Waals surface area contributed by atoms with Crippen molar-refractivity contribution in [1.82, 2.24) is 10.3 Å². The molecule has 0 saturated heterocycles. The fourth-order valence-corrected chi connectivity index (χ4v) is 1.92. The molecule has 0 fully saturated rings. The lowest BCUT2D eigenvalue weighted by atomic mass is 10.1. The van der Waals surface area contributed by atoms with Crippen LogP contribution in [-0.2, 0) is 0 Å². The molecule has 3 nitrogen and oxygen atoms in total. The number of carbonyl (C=O) groups excluding carboxylic acids is 1. The molecule has 1 aromatic heterocycles. The van der Waals surface area contributed by atoms with E-state index in [1.165, 1.54) is 6.07 Å². The maximum atomic E-state index is 13.6. The number of hydrogen-bond acceptors (Lipinski definition) is 2. The Hall–Kier alpha value is -1.75. The van der Waals surface area contributed by atoms with E-state index < -0.39 is 6.04 Å². The van der Waals surface area contributed by atoms with Gasteiger partial charge in [-0.15, -0.1) is 0 Å². The van der Waals surface area contributed by atoms with Crippen LogP contribution in [0.5, 0.6) is 0 Å². The number of nitrogens with zero attached hydrogens (tertiary/aromatic N) is 1. The molecule has 0 bridgehead atoms. The van der Waals surface area contributed by atoms with Gasteiger partial charge in [0.25, 0.3) is 5.91 Å². The lowest BCUT2D eigenvalue weighted by Gasteiger charge is -2.14. The fraction of sp³-hybridized carbons (Fsp3) is 0.143. The van der Waals surface area contributed by atoms with Crippen molar-refractivity contribution in [3.8, 4) is 0 Å². The van der Waals surface area contributed by atoms with E-state index >= 15 is 0 Å². The van der Waals surface area contributed by atoms with Crippen molar-refractivity contribution < 1.29 is 9.18 Å². The van der Waals surface area contributed by atoms with Crippen molar-refractivity contribution in [1.29, 1.82) is 0 Å². The molecule has 0 aliphatic rings. The van der Waals surface area contributed by atoms with E-state index in [2.05, 4.69) is 26.2 Å². The van der Waals surface area contributed by atoms with Crippen LogP contribution < -0.4 is 5.32 Å². The first kappa shape index (κ1) is 13.7. The van der Waals surface area contributed by atoms with E-state index in [0.717, 1.165) is 4.47 Å². The third kappa shape index (κ3) is 3.38. The van der Waals surface area contributed by atoms with E-state index in [4.69, 9.17) is 0 Å². The first-order chi connectivity index (χ1) is 9.08. The Balaban J connectivity index is 2.11. The molecule has 1 atom stereocenters. The Kier molecular flexibility index (Phi) is 4.27. The zero-order valence-electron chi connectivity index (χ0n) is 10.2. The summed E-state index contributed by atoms with van der Waals surface area (Å²) >= 11 is 3.25. The molecule has 2 aromatic rings. The molecule has 0 aliphatic carbocycles. The molecule has 0 radical (unpaired) electrons. The van der Waals surface area contributed by atoms with Gasteiger partial charge in [0.05, 0.1) is 6.04 Å². The molecule has 5 heteroatoms. The Morgan fingerprint density at radius 2 is 2.05 bits per heavy atom. The van der Waals surface area contributed by atoms with Gasteiger partial charge in [-0.05, 0) is 41.1 Å². The summed E-state index contributed by atoms with van der Waals surface area (Å²) in [6.45, 7) is 1.73. The quantitative estimate of drug-likeness (QED) is 0.940. The van der Waals surface area contributed by atoms with Gasteiger partial charge in [0, 0.05) is 16.2 Å². The van der Waals surface area contributed by atoms with E-state index in [9.17, 15) is 9.18 Å². The first-order valence-electron chi connectivity index (χ1n) is 5.75. The van der Waals surface area contributed by atoms with Crippen LogP contribution in [0.2, 0.25) is 0 Å². The average Bonchev–Trinajstić information content (AvgIpc) is 2.39. The minimum atomic E-state index is -0.417. The second-order valence-electron chi connectivity index (χ2n) is 4.08. The van der Waals surface area contributed by atoms with Crippen LogP contribution in [0.15, 0.2) is 47.1 Å². The monoisotopic (exact) mass is 322 g/mol. The third-order valence-corrected chi connectivity index (χ3v) is 3.15. The minimum absolute atomic E-state index is 0.298. The number of aromatic nitrogens is 1. The number of amides is 1. The van der Waals surface area contributed by atoms with Gasteiger partial charge in [-0.3, -0.25) is 4.79 Å². The van der Waals surface area contributed by atoms with E-state index in [1.54, 1.807) is 43.5 Å². The molecule has 1 aromatic carbocycles. The normalized spacial score (nSPS) is 11.9. The first-order valence-corrected chi connectivity index (χ1v) is 6.54. The second-order valence-corrected chi connectivity index (χ2v) is 4.99. The van der Waals surface area contributed by atoms with Gasteiger partial charge in [-0.25, -0.2) is 9.37 Å². The van der Waals surface area contributed by atoms with Gasteiger partial charge in [0.1, 0.15) is 11.5 Å². The highest BCUT2D eigenvalue weighted by atomic mass is 79.9. The summed E-state index contributed by atoms with van der Waals surface area (Å²) in [7, 11) is 0. The van der Waals surface area contributed by atoms with E-state index in [1.807, 2.05) is 0 Å². The molecule has 0 spiro atoms. The highest BCUT2D eigenvalue weighted by Crippen LogP contribution is 2.16. The highest BCUT2D eigenvalue weighted by Gasteiger charge is 2.14. The molecule has 1 N–H and O–H groups in total. The maximum Gasteiger partial charge on any atom is 0.270 e. The maximum absolute atomic E-state index is 13.6. The lowest BCUT2D eigenvalue weighted by molar-refractivity contribution is 0.0934. The summed E-state index contributed by atoms with van der Waals surface area (Å²) < 4.78 is 14.4. The molecular formula is C14H12BrFN2O. The fourth-order valence-electron chi connectivity index (χ4n) is 1.68. The van der Waals surface area contributed by atoms with Gasteiger partial charge < -0.3 is 5.32 Å². The van der Waals surface area contributed by atoms with Crippen molar-refractivity contribution in [3.05, 3.63) is 64.1 Å². The van der Waals surface area contributed by atoms with Gasteiger partial charge in [-0.1, -0.05) is 18.2 Å². The van der Waals surface area contributed by atoms with Crippen LogP contribution in [0, 0.1) is 5.82 Å². The minimum Gasteiger partial charge on any atom is -0.344 e. The van der Waals surface area contributed by atoms with Gasteiger partial charge in [0.15, 0.2) is 0 Å². The van der Waals surface area contributed by atoms with Crippen LogP contribution in [0.3, 0.4) is 0 Å². The molecular weight excluding hydrogens is 311 g/mol. The Morgan fingerprint density at radius 3 is 2.68 bits per heavy atom. The molecule has 1 heterocycles. The van der Waals surface area contributed by atoms with Crippen LogP contribution in [0.1, 0.15) is 29.0 Å². The van der Waals surface area contributed by atoms with Crippen molar-refractivity contribution in [2.45, 2.75) is 13.0 Å². The Bertz CT molecular complexity index is 586. The lowest BCUT2D eigenvalue weighted by Crippen LogP contribution is -2.27. The van der Waals surface area contributed by atoms with Crippen molar-refractivity contribution in [3.63, 3.8) is 0 Å². The largest absolute Gasteiger partial charge is 0.344 e. The third-order valence-electron chi connectivity index (χ3n) is 2.68.